The van der Waals surface area contributed by atoms with E-state index in [2.05, 4.69) is 4.98 Å². The predicted octanol–water partition coefficient (Wildman–Crippen LogP) is 2.48. The van der Waals surface area contributed by atoms with Crippen molar-refractivity contribution >= 4 is 0 Å². The van der Waals surface area contributed by atoms with Crippen LogP contribution >= 0.6 is 0 Å². The van der Waals surface area contributed by atoms with E-state index in [1.165, 1.54) is 19.3 Å². The molecule has 0 unspecified atom stereocenters. The molecule has 0 spiro atoms. The van der Waals surface area contributed by atoms with Gasteiger partial charge in [-0.3, -0.25) is 0 Å². The lowest BCUT2D eigenvalue weighted by molar-refractivity contribution is -0.0769. The van der Waals surface area contributed by atoms with E-state index < -0.39 is 0 Å². The summed E-state index contributed by atoms with van der Waals surface area (Å²) in [5.41, 5.74) is 7.43. The molecule has 1 heterocycles. The van der Waals surface area contributed by atoms with Gasteiger partial charge in [-0.25, -0.2) is 9.97 Å². The quantitative estimate of drug-likeness (QED) is 0.886. The van der Waals surface area contributed by atoms with Gasteiger partial charge in [0.25, 0.3) is 0 Å². The van der Waals surface area contributed by atoms with Gasteiger partial charge < -0.3 is 10.5 Å². The van der Waals surface area contributed by atoms with Crippen LogP contribution in [0.15, 0.2) is 6.07 Å². The minimum Gasteiger partial charge on any atom is -0.367 e. The van der Waals surface area contributed by atoms with Crippen molar-refractivity contribution in [3.63, 3.8) is 0 Å². The highest BCUT2D eigenvalue weighted by molar-refractivity contribution is 5.15. The topological polar surface area (TPSA) is 61.0 Å². The molecule has 0 amide bonds. The largest absolute Gasteiger partial charge is 0.367 e. The zero-order valence-corrected chi connectivity index (χ0v) is 12.1. The smallest absolute Gasteiger partial charge is 0.160 e. The van der Waals surface area contributed by atoms with Crippen LogP contribution in [0.2, 0.25) is 0 Å². The second kappa shape index (κ2) is 6.44. The number of aryl methyl sites for hydroxylation is 1. The number of aromatic nitrogens is 2. The van der Waals surface area contributed by atoms with E-state index >= 15 is 0 Å². The van der Waals surface area contributed by atoms with Gasteiger partial charge in [-0.05, 0) is 39.3 Å². The molecule has 0 saturated heterocycles. The third-order valence-electron chi connectivity index (χ3n) is 3.80. The second-order valence-corrected chi connectivity index (χ2v) is 5.35. The first kappa shape index (κ1) is 14.4. The number of rotatable bonds is 5. The predicted molar refractivity (Wildman–Crippen MR) is 75.9 cm³/mol. The third kappa shape index (κ3) is 3.31. The van der Waals surface area contributed by atoms with Crippen LogP contribution in [-0.4, -0.2) is 23.1 Å². The lowest BCUT2D eigenvalue weighted by Gasteiger charge is -2.35. The normalized spacial score (nSPS) is 18.5. The Morgan fingerprint density at radius 1 is 1.26 bits per heavy atom. The molecule has 0 aromatic carbocycles. The maximum absolute atomic E-state index is 6.09. The number of ether oxygens (including phenoxy) is 1. The molecule has 1 aliphatic carbocycles. The average Bonchev–Trinajstić information content (AvgIpc) is 2.40. The number of hydrogen-bond acceptors (Lipinski definition) is 4. The molecule has 0 bridgehead atoms. The van der Waals surface area contributed by atoms with Crippen molar-refractivity contribution in [1.82, 2.24) is 9.97 Å². The summed E-state index contributed by atoms with van der Waals surface area (Å²) in [6.45, 7) is 5.40. The summed E-state index contributed by atoms with van der Waals surface area (Å²) < 4.78 is 6.09. The van der Waals surface area contributed by atoms with E-state index in [0.29, 0.717) is 13.2 Å². The van der Waals surface area contributed by atoms with Crippen LogP contribution in [0.4, 0.5) is 0 Å². The van der Waals surface area contributed by atoms with Crippen molar-refractivity contribution in [2.45, 2.75) is 58.0 Å². The first-order chi connectivity index (χ1) is 9.20. The van der Waals surface area contributed by atoms with Crippen molar-refractivity contribution in [1.29, 1.82) is 0 Å². The lowest BCUT2D eigenvalue weighted by atomic mass is 9.83. The molecule has 4 nitrogen and oxygen atoms in total. The molecule has 1 saturated carbocycles. The number of nitrogens with two attached hydrogens (primary N) is 1. The van der Waals surface area contributed by atoms with Crippen LogP contribution in [-0.2, 0) is 16.8 Å². The fourth-order valence-electron chi connectivity index (χ4n) is 2.95. The molecule has 1 fully saturated rings. The van der Waals surface area contributed by atoms with E-state index in [-0.39, 0.29) is 5.60 Å². The van der Waals surface area contributed by atoms with Crippen LogP contribution < -0.4 is 5.73 Å². The summed E-state index contributed by atoms with van der Waals surface area (Å²) in [6, 6.07) is 2.03. The Balaban J connectivity index is 2.34. The van der Waals surface area contributed by atoms with E-state index in [0.717, 1.165) is 36.5 Å². The number of hydrogen-bond donors (Lipinski definition) is 1. The molecule has 1 aliphatic rings. The van der Waals surface area contributed by atoms with Crippen molar-refractivity contribution in [2.24, 2.45) is 5.73 Å². The van der Waals surface area contributed by atoms with E-state index in [1.54, 1.807) is 0 Å². The molecular formula is C15H25N3O. The van der Waals surface area contributed by atoms with Gasteiger partial charge in [-0.2, -0.15) is 0 Å². The third-order valence-corrected chi connectivity index (χ3v) is 3.80. The van der Waals surface area contributed by atoms with Crippen LogP contribution in [0.3, 0.4) is 0 Å². The molecule has 0 aliphatic heterocycles. The van der Waals surface area contributed by atoms with Crippen molar-refractivity contribution < 1.29 is 4.74 Å². The van der Waals surface area contributed by atoms with E-state index in [1.807, 2.05) is 19.9 Å². The summed E-state index contributed by atoms with van der Waals surface area (Å²) in [6.07, 6.45) is 6.56. The first-order valence-electron chi connectivity index (χ1n) is 7.39. The minimum absolute atomic E-state index is 0.262. The van der Waals surface area contributed by atoms with Crippen molar-refractivity contribution in [3.05, 3.63) is 23.3 Å². The number of nitrogens with zero attached hydrogens (tertiary/aromatic N) is 2. The fourth-order valence-corrected chi connectivity index (χ4v) is 2.95. The van der Waals surface area contributed by atoms with Crippen molar-refractivity contribution in [2.75, 3.05) is 13.2 Å². The Hall–Kier alpha value is -1.00. The summed E-state index contributed by atoms with van der Waals surface area (Å²) in [5, 5.41) is 0. The molecule has 2 N–H and O–H groups in total. The van der Waals surface area contributed by atoms with Gasteiger partial charge in [0, 0.05) is 24.4 Å². The van der Waals surface area contributed by atoms with Crippen LogP contribution in [0.1, 0.15) is 56.2 Å². The Labute approximate surface area is 115 Å². The van der Waals surface area contributed by atoms with Crippen molar-refractivity contribution in [3.8, 4) is 0 Å². The summed E-state index contributed by atoms with van der Waals surface area (Å²) in [5.74, 6) is 0.873. The Morgan fingerprint density at radius 2 is 2.00 bits per heavy atom. The maximum atomic E-state index is 6.09. The average molecular weight is 263 g/mol. The molecule has 4 heteroatoms. The van der Waals surface area contributed by atoms with Gasteiger partial charge >= 0.3 is 0 Å². The maximum Gasteiger partial charge on any atom is 0.160 e. The van der Waals surface area contributed by atoms with Gasteiger partial charge in [0.15, 0.2) is 5.82 Å². The molecule has 0 atom stereocenters. The first-order valence-corrected chi connectivity index (χ1v) is 7.39. The second-order valence-electron chi connectivity index (χ2n) is 5.35. The highest BCUT2D eigenvalue weighted by atomic mass is 16.5. The van der Waals surface area contributed by atoms with Gasteiger partial charge in [-0.1, -0.05) is 19.3 Å². The minimum atomic E-state index is -0.262. The SMILES string of the molecule is CCOC1(c2nc(C)cc(CCN)n2)CCCCC1. The fraction of sp³-hybridized carbons (Fsp3) is 0.733. The monoisotopic (exact) mass is 263 g/mol. The van der Waals surface area contributed by atoms with Crippen LogP contribution in [0.25, 0.3) is 0 Å². The Morgan fingerprint density at radius 3 is 2.63 bits per heavy atom. The molecule has 1 aromatic rings. The molecule has 2 rings (SSSR count). The summed E-state index contributed by atoms with van der Waals surface area (Å²) in [4.78, 5) is 9.38. The van der Waals surface area contributed by atoms with Gasteiger partial charge in [0.1, 0.15) is 5.60 Å². The molecule has 0 radical (unpaired) electrons. The molecule has 19 heavy (non-hydrogen) atoms. The van der Waals surface area contributed by atoms with Gasteiger partial charge in [0.05, 0.1) is 0 Å². The summed E-state index contributed by atoms with van der Waals surface area (Å²) in [7, 11) is 0. The Kier molecular flexibility index (Phi) is 4.88. The van der Waals surface area contributed by atoms with Crippen LogP contribution in [0, 0.1) is 6.92 Å². The molecule has 106 valence electrons. The highest BCUT2D eigenvalue weighted by Crippen LogP contribution is 2.38. The highest BCUT2D eigenvalue weighted by Gasteiger charge is 2.37. The molecular weight excluding hydrogens is 238 g/mol. The summed E-state index contributed by atoms with van der Waals surface area (Å²) >= 11 is 0. The zero-order valence-electron chi connectivity index (χ0n) is 12.1. The Bertz CT molecular complexity index is 408. The van der Waals surface area contributed by atoms with E-state index in [4.69, 9.17) is 15.5 Å². The lowest BCUT2D eigenvalue weighted by Crippen LogP contribution is -2.35. The molecule has 1 aromatic heterocycles. The van der Waals surface area contributed by atoms with E-state index in [9.17, 15) is 0 Å². The van der Waals surface area contributed by atoms with Crippen LogP contribution in [0.5, 0.6) is 0 Å². The standard InChI is InChI=1S/C15H25N3O/c1-3-19-15(8-5-4-6-9-15)14-17-12(2)11-13(18-14)7-10-16/h11H,3-10,16H2,1-2H3. The van der Waals surface area contributed by atoms with Gasteiger partial charge in [0.2, 0.25) is 0 Å². The zero-order chi connectivity index (χ0) is 13.7. The van der Waals surface area contributed by atoms with Gasteiger partial charge in [-0.15, -0.1) is 0 Å².